The lowest BCUT2D eigenvalue weighted by Crippen LogP contribution is -2.02. The summed E-state index contributed by atoms with van der Waals surface area (Å²) in [5, 5.41) is 4.61. The van der Waals surface area contributed by atoms with E-state index in [1.54, 1.807) is 0 Å². The van der Waals surface area contributed by atoms with E-state index >= 15 is 0 Å². The molecule has 0 fully saturated rings. The third-order valence-corrected chi connectivity index (χ3v) is 3.37. The van der Waals surface area contributed by atoms with Gasteiger partial charge in [0, 0.05) is 23.9 Å². The first-order valence-corrected chi connectivity index (χ1v) is 6.38. The van der Waals surface area contributed by atoms with E-state index in [9.17, 15) is 0 Å². The second kappa shape index (κ2) is 4.74. The van der Waals surface area contributed by atoms with Crippen molar-refractivity contribution >= 4 is 0 Å². The van der Waals surface area contributed by atoms with Gasteiger partial charge in [0.15, 0.2) is 0 Å². The van der Waals surface area contributed by atoms with Gasteiger partial charge in [-0.15, -0.1) is 0 Å². The molecule has 0 spiro atoms. The van der Waals surface area contributed by atoms with Gasteiger partial charge in [-0.1, -0.05) is 38.1 Å². The molecule has 2 aromatic rings. The Balaban J connectivity index is 0.000000514. The summed E-state index contributed by atoms with van der Waals surface area (Å²) in [6, 6.07) is 8.60. The molecule has 1 aliphatic carbocycles. The SMILES string of the molecule is CC.Cc1c2c(nn1C)-c1ccccc1CC2. The average Bonchev–Trinajstić information content (AvgIpc) is 2.68. The highest BCUT2D eigenvalue weighted by atomic mass is 15.3. The maximum Gasteiger partial charge on any atom is 0.0960 e. The number of hydrogen-bond donors (Lipinski definition) is 0. The summed E-state index contributed by atoms with van der Waals surface area (Å²) in [5.74, 6) is 0. The van der Waals surface area contributed by atoms with Gasteiger partial charge < -0.3 is 0 Å². The Hall–Kier alpha value is -1.57. The maximum atomic E-state index is 4.61. The van der Waals surface area contributed by atoms with Crippen LogP contribution in [-0.4, -0.2) is 9.78 Å². The van der Waals surface area contributed by atoms with E-state index in [1.165, 1.54) is 28.1 Å². The van der Waals surface area contributed by atoms with Crippen molar-refractivity contribution in [3.05, 3.63) is 41.1 Å². The number of hydrogen-bond acceptors (Lipinski definition) is 1. The molecule has 1 aromatic heterocycles. The molecule has 0 unspecified atom stereocenters. The van der Waals surface area contributed by atoms with Crippen LogP contribution < -0.4 is 0 Å². The van der Waals surface area contributed by atoms with Crippen LogP contribution in [0.4, 0.5) is 0 Å². The Bertz CT molecular complexity index is 524. The van der Waals surface area contributed by atoms with Crippen LogP contribution in [0.2, 0.25) is 0 Å². The molecule has 0 radical (unpaired) electrons. The van der Waals surface area contributed by atoms with Crippen molar-refractivity contribution < 1.29 is 0 Å². The Morgan fingerprint density at radius 3 is 2.59 bits per heavy atom. The maximum absolute atomic E-state index is 4.61. The minimum atomic E-state index is 1.13. The van der Waals surface area contributed by atoms with Crippen LogP contribution in [0.1, 0.15) is 30.7 Å². The average molecular weight is 228 g/mol. The van der Waals surface area contributed by atoms with Crippen molar-refractivity contribution in [2.45, 2.75) is 33.6 Å². The molecule has 0 N–H and O–H groups in total. The van der Waals surface area contributed by atoms with Crippen LogP contribution in [0.5, 0.6) is 0 Å². The smallest absolute Gasteiger partial charge is 0.0960 e. The largest absolute Gasteiger partial charge is 0.272 e. The first-order valence-electron chi connectivity index (χ1n) is 6.38. The van der Waals surface area contributed by atoms with Gasteiger partial charge in [-0.25, -0.2) is 0 Å². The molecule has 2 nitrogen and oxygen atoms in total. The van der Waals surface area contributed by atoms with Gasteiger partial charge in [0.05, 0.1) is 5.69 Å². The van der Waals surface area contributed by atoms with Crippen LogP contribution >= 0.6 is 0 Å². The molecule has 0 aliphatic heterocycles. The predicted octanol–water partition coefficient (Wildman–Crippen LogP) is 3.52. The first-order chi connectivity index (χ1) is 8.27. The van der Waals surface area contributed by atoms with E-state index in [2.05, 4.69) is 36.3 Å². The number of nitrogens with zero attached hydrogens (tertiary/aromatic N) is 2. The zero-order valence-electron chi connectivity index (χ0n) is 11.1. The molecule has 0 saturated carbocycles. The van der Waals surface area contributed by atoms with Gasteiger partial charge in [-0.05, 0) is 25.3 Å². The van der Waals surface area contributed by atoms with Gasteiger partial charge in [0.1, 0.15) is 0 Å². The quantitative estimate of drug-likeness (QED) is 0.674. The lowest BCUT2D eigenvalue weighted by Gasteiger charge is -2.14. The highest BCUT2D eigenvalue weighted by molar-refractivity contribution is 5.70. The first kappa shape index (κ1) is 11.9. The standard InChI is InChI=1S/C13H14N2.C2H6/c1-9-11-8-7-10-5-3-4-6-12(10)13(11)14-15(9)2;1-2/h3-6H,7-8H2,1-2H3;1-2H3. The summed E-state index contributed by atoms with van der Waals surface area (Å²) in [6.07, 6.45) is 2.28. The molecule has 0 bridgehead atoms. The Morgan fingerprint density at radius 1 is 1.12 bits per heavy atom. The fourth-order valence-corrected chi connectivity index (χ4v) is 2.40. The van der Waals surface area contributed by atoms with Crippen molar-refractivity contribution in [3.8, 4) is 11.3 Å². The van der Waals surface area contributed by atoms with Gasteiger partial charge in [-0.2, -0.15) is 5.10 Å². The Labute approximate surface area is 103 Å². The second-order valence-electron chi connectivity index (χ2n) is 4.19. The van der Waals surface area contributed by atoms with E-state index in [0.717, 1.165) is 12.8 Å². The molecule has 1 aliphatic rings. The molecular formula is C15H20N2. The molecule has 17 heavy (non-hydrogen) atoms. The lowest BCUT2D eigenvalue weighted by atomic mass is 9.89. The summed E-state index contributed by atoms with van der Waals surface area (Å²) in [4.78, 5) is 0. The van der Waals surface area contributed by atoms with Crippen molar-refractivity contribution in [2.24, 2.45) is 7.05 Å². The summed E-state index contributed by atoms with van der Waals surface area (Å²) >= 11 is 0. The van der Waals surface area contributed by atoms with Crippen molar-refractivity contribution in [2.75, 3.05) is 0 Å². The van der Waals surface area contributed by atoms with Crippen LogP contribution in [-0.2, 0) is 19.9 Å². The fourth-order valence-electron chi connectivity index (χ4n) is 2.40. The van der Waals surface area contributed by atoms with Gasteiger partial charge in [0.2, 0.25) is 0 Å². The highest BCUT2D eigenvalue weighted by Crippen LogP contribution is 2.33. The molecular weight excluding hydrogens is 208 g/mol. The number of fused-ring (bicyclic) bond motifs is 3. The second-order valence-corrected chi connectivity index (χ2v) is 4.19. The monoisotopic (exact) mass is 228 g/mol. The van der Waals surface area contributed by atoms with E-state index in [0.29, 0.717) is 0 Å². The normalized spacial score (nSPS) is 12.2. The van der Waals surface area contributed by atoms with Gasteiger partial charge in [-0.3, -0.25) is 4.68 Å². The summed E-state index contributed by atoms with van der Waals surface area (Å²) in [6.45, 7) is 6.15. The number of benzene rings is 1. The van der Waals surface area contributed by atoms with Crippen molar-refractivity contribution in [3.63, 3.8) is 0 Å². The third kappa shape index (κ3) is 1.88. The van der Waals surface area contributed by atoms with Crippen molar-refractivity contribution in [1.29, 1.82) is 0 Å². The third-order valence-electron chi connectivity index (χ3n) is 3.37. The van der Waals surface area contributed by atoms with Crippen LogP contribution in [0.25, 0.3) is 11.3 Å². The van der Waals surface area contributed by atoms with Gasteiger partial charge in [0.25, 0.3) is 0 Å². The minimum absolute atomic E-state index is 1.13. The lowest BCUT2D eigenvalue weighted by molar-refractivity contribution is 0.740. The summed E-state index contributed by atoms with van der Waals surface area (Å²) < 4.78 is 1.99. The topological polar surface area (TPSA) is 17.8 Å². The number of aryl methyl sites for hydroxylation is 2. The zero-order valence-corrected chi connectivity index (χ0v) is 11.1. The van der Waals surface area contributed by atoms with Crippen LogP contribution in [0.15, 0.2) is 24.3 Å². The Morgan fingerprint density at radius 2 is 1.82 bits per heavy atom. The van der Waals surface area contributed by atoms with E-state index in [-0.39, 0.29) is 0 Å². The van der Waals surface area contributed by atoms with E-state index < -0.39 is 0 Å². The minimum Gasteiger partial charge on any atom is -0.272 e. The molecule has 1 aromatic carbocycles. The molecule has 1 heterocycles. The molecule has 0 atom stereocenters. The Kier molecular flexibility index (Phi) is 3.32. The van der Waals surface area contributed by atoms with Crippen LogP contribution in [0.3, 0.4) is 0 Å². The number of aromatic nitrogens is 2. The molecule has 3 rings (SSSR count). The van der Waals surface area contributed by atoms with Gasteiger partial charge >= 0.3 is 0 Å². The summed E-state index contributed by atoms with van der Waals surface area (Å²) in [5.41, 5.74) is 6.68. The van der Waals surface area contributed by atoms with Crippen molar-refractivity contribution in [1.82, 2.24) is 9.78 Å². The predicted molar refractivity (Wildman–Crippen MR) is 72.1 cm³/mol. The highest BCUT2D eigenvalue weighted by Gasteiger charge is 2.20. The zero-order chi connectivity index (χ0) is 12.4. The van der Waals surface area contributed by atoms with Crippen LogP contribution in [0, 0.1) is 6.92 Å². The summed E-state index contributed by atoms with van der Waals surface area (Å²) in [7, 11) is 2.02. The molecule has 90 valence electrons. The van der Waals surface area contributed by atoms with E-state index in [4.69, 9.17) is 0 Å². The number of rotatable bonds is 0. The fraction of sp³-hybridized carbons (Fsp3) is 0.400. The van der Waals surface area contributed by atoms with E-state index in [1.807, 2.05) is 25.6 Å². The molecule has 0 amide bonds. The molecule has 0 saturated heterocycles. The molecule has 2 heteroatoms.